The lowest BCUT2D eigenvalue weighted by atomic mass is 9.78. The van der Waals surface area contributed by atoms with E-state index in [-0.39, 0.29) is 17.0 Å². The molecule has 0 saturated carbocycles. The van der Waals surface area contributed by atoms with Gasteiger partial charge in [0.25, 0.3) is 0 Å². The van der Waals surface area contributed by atoms with Gasteiger partial charge in [0.15, 0.2) is 5.43 Å². The zero-order valence-electron chi connectivity index (χ0n) is 17.2. The minimum absolute atomic E-state index is 0.0446. The predicted octanol–water partition coefficient (Wildman–Crippen LogP) is 5.26. The SMILES string of the molecule is CC(C)(C)[C@@H]1CC2=C(Cc3c2cccc3-c2ccco2)c2cc(=O)c(C(=O)O)cn21. The van der Waals surface area contributed by atoms with Gasteiger partial charge in [0.05, 0.1) is 6.26 Å². The Hall–Kier alpha value is -3.34. The average molecular weight is 401 g/mol. The second kappa shape index (κ2) is 6.33. The van der Waals surface area contributed by atoms with Gasteiger partial charge in [0.2, 0.25) is 0 Å². The zero-order valence-corrected chi connectivity index (χ0v) is 17.2. The molecule has 1 aromatic carbocycles. The van der Waals surface area contributed by atoms with Crippen molar-refractivity contribution in [2.75, 3.05) is 0 Å². The van der Waals surface area contributed by atoms with Gasteiger partial charge < -0.3 is 14.1 Å². The summed E-state index contributed by atoms with van der Waals surface area (Å²) in [6, 6.07) is 11.7. The van der Waals surface area contributed by atoms with Crippen molar-refractivity contribution in [1.82, 2.24) is 4.57 Å². The van der Waals surface area contributed by atoms with E-state index >= 15 is 0 Å². The molecule has 0 unspecified atom stereocenters. The van der Waals surface area contributed by atoms with Gasteiger partial charge in [-0.05, 0) is 46.2 Å². The van der Waals surface area contributed by atoms with Crippen LogP contribution in [0.2, 0.25) is 0 Å². The van der Waals surface area contributed by atoms with Crippen molar-refractivity contribution in [3.63, 3.8) is 0 Å². The number of fused-ring (bicyclic) bond motifs is 4. The second-order valence-electron chi connectivity index (χ2n) is 9.18. The van der Waals surface area contributed by atoms with Crippen LogP contribution in [0.5, 0.6) is 0 Å². The van der Waals surface area contributed by atoms with Crippen LogP contribution in [0.3, 0.4) is 0 Å². The number of carboxylic acids is 1. The molecular weight excluding hydrogens is 378 g/mol. The van der Waals surface area contributed by atoms with Crippen LogP contribution in [0, 0.1) is 5.41 Å². The predicted molar refractivity (Wildman–Crippen MR) is 115 cm³/mol. The maximum absolute atomic E-state index is 12.6. The number of carbonyl (C=O) groups is 1. The van der Waals surface area contributed by atoms with Crippen LogP contribution < -0.4 is 5.43 Å². The van der Waals surface area contributed by atoms with Gasteiger partial charge in [-0.2, -0.15) is 0 Å². The molecule has 5 nitrogen and oxygen atoms in total. The van der Waals surface area contributed by atoms with Gasteiger partial charge >= 0.3 is 5.97 Å². The summed E-state index contributed by atoms with van der Waals surface area (Å²) in [6.45, 7) is 6.46. The lowest BCUT2D eigenvalue weighted by molar-refractivity contribution is 0.0693. The highest BCUT2D eigenvalue weighted by Gasteiger charge is 2.38. The summed E-state index contributed by atoms with van der Waals surface area (Å²) < 4.78 is 7.68. The molecule has 2 aliphatic rings. The molecule has 1 aliphatic carbocycles. The summed E-state index contributed by atoms with van der Waals surface area (Å²) in [5, 5.41) is 9.49. The monoisotopic (exact) mass is 401 g/mol. The number of rotatable bonds is 2. The quantitative estimate of drug-likeness (QED) is 0.635. The van der Waals surface area contributed by atoms with E-state index in [9.17, 15) is 14.7 Å². The average Bonchev–Trinajstić information content (AvgIpc) is 3.33. The van der Waals surface area contributed by atoms with Crippen LogP contribution in [0.25, 0.3) is 22.5 Å². The molecule has 5 heteroatoms. The number of nitrogens with zero attached hydrogens (tertiary/aromatic N) is 1. The van der Waals surface area contributed by atoms with Crippen molar-refractivity contribution in [2.24, 2.45) is 5.41 Å². The number of carboxylic acid groups (broad SMARTS) is 1. The van der Waals surface area contributed by atoms with Crippen molar-refractivity contribution in [1.29, 1.82) is 0 Å². The topological polar surface area (TPSA) is 72.4 Å². The molecule has 152 valence electrons. The third-order valence-electron chi connectivity index (χ3n) is 6.36. The fraction of sp³-hybridized carbons (Fsp3) is 0.280. The fourth-order valence-corrected chi connectivity index (χ4v) is 4.87. The highest BCUT2D eigenvalue weighted by atomic mass is 16.4. The van der Waals surface area contributed by atoms with E-state index in [1.54, 1.807) is 6.26 Å². The summed E-state index contributed by atoms with van der Waals surface area (Å²) in [5.41, 5.74) is 5.92. The van der Waals surface area contributed by atoms with E-state index in [1.807, 2.05) is 22.8 Å². The highest BCUT2D eigenvalue weighted by molar-refractivity contribution is 6.00. The van der Waals surface area contributed by atoms with Crippen LogP contribution in [0.4, 0.5) is 0 Å². The Kier molecular flexibility index (Phi) is 3.94. The number of furan rings is 1. The lowest BCUT2D eigenvalue weighted by Gasteiger charge is -2.39. The van der Waals surface area contributed by atoms with Crippen molar-refractivity contribution in [3.05, 3.63) is 81.5 Å². The minimum atomic E-state index is -1.18. The Bertz CT molecular complexity index is 1270. The van der Waals surface area contributed by atoms with E-state index in [1.165, 1.54) is 29.0 Å². The molecule has 3 aromatic rings. The second-order valence-corrected chi connectivity index (χ2v) is 9.18. The Morgan fingerprint density at radius 3 is 2.57 bits per heavy atom. The van der Waals surface area contributed by atoms with E-state index in [0.717, 1.165) is 29.0 Å². The Balaban J connectivity index is 1.73. The van der Waals surface area contributed by atoms with Gasteiger partial charge in [0.1, 0.15) is 11.3 Å². The molecule has 0 bridgehead atoms. The normalized spacial score (nSPS) is 17.5. The van der Waals surface area contributed by atoms with E-state index < -0.39 is 11.4 Å². The molecule has 0 radical (unpaired) electrons. The molecular formula is C25H23NO4. The van der Waals surface area contributed by atoms with Gasteiger partial charge in [-0.1, -0.05) is 39.0 Å². The number of hydrogen-bond donors (Lipinski definition) is 1. The van der Waals surface area contributed by atoms with Crippen LogP contribution in [0.15, 0.2) is 58.1 Å². The highest BCUT2D eigenvalue weighted by Crippen LogP contribution is 2.51. The molecule has 2 aromatic heterocycles. The molecule has 3 heterocycles. The Labute approximate surface area is 174 Å². The van der Waals surface area contributed by atoms with Crippen LogP contribution >= 0.6 is 0 Å². The van der Waals surface area contributed by atoms with E-state index in [0.29, 0.717) is 6.42 Å². The van der Waals surface area contributed by atoms with Gasteiger partial charge in [-0.25, -0.2) is 4.79 Å². The summed E-state index contributed by atoms with van der Waals surface area (Å²) in [7, 11) is 0. The van der Waals surface area contributed by atoms with Crippen molar-refractivity contribution >= 4 is 17.1 Å². The third-order valence-corrected chi connectivity index (χ3v) is 6.36. The largest absolute Gasteiger partial charge is 0.477 e. The number of aromatic nitrogens is 1. The van der Waals surface area contributed by atoms with Gasteiger partial charge in [-0.3, -0.25) is 4.79 Å². The van der Waals surface area contributed by atoms with E-state index in [2.05, 4.69) is 32.9 Å². The van der Waals surface area contributed by atoms with E-state index in [4.69, 9.17) is 4.42 Å². The smallest absolute Gasteiger partial charge is 0.341 e. The standard InChI is InChI=1S/C25H23NO4/c1-25(2,3)23-11-17-14-6-4-7-15(22-8-5-9-30-22)16(14)10-18(17)20-12-21(27)19(24(28)29)13-26(20)23/h4-9,12-13,23H,10-11H2,1-3H3,(H,28,29)/t23-/m0/s1. The molecule has 0 saturated heterocycles. The molecule has 1 atom stereocenters. The van der Waals surface area contributed by atoms with Crippen molar-refractivity contribution in [3.8, 4) is 11.3 Å². The first-order valence-electron chi connectivity index (χ1n) is 10.1. The molecule has 1 N–H and O–H groups in total. The van der Waals surface area contributed by atoms with Crippen LogP contribution in [0.1, 0.15) is 60.4 Å². The first-order valence-corrected chi connectivity index (χ1v) is 10.1. The molecule has 1 aliphatic heterocycles. The number of aromatic carboxylic acids is 1. The van der Waals surface area contributed by atoms with Gasteiger partial charge in [-0.15, -0.1) is 0 Å². The summed E-state index contributed by atoms with van der Waals surface area (Å²) >= 11 is 0. The molecule has 0 fully saturated rings. The first-order chi connectivity index (χ1) is 14.3. The third kappa shape index (κ3) is 2.69. The molecule has 0 spiro atoms. The Morgan fingerprint density at radius 2 is 1.90 bits per heavy atom. The minimum Gasteiger partial charge on any atom is -0.477 e. The maximum atomic E-state index is 12.6. The van der Waals surface area contributed by atoms with Crippen molar-refractivity contribution in [2.45, 2.75) is 39.7 Å². The lowest BCUT2D eigenvalue weighted by Crippen LogP contribution is -2.32. The number of pyridine rings is 1. The van der Waals surface area contributed by atoms with Crippen molar-refractivity contribution < 1.29 is 14.3 Å². The first kappa shape index (κ1) is 18.7. The number of allylic oxidation sites excluding steroid dienone is 2. The molecule has 30 heavy (non-hydrogen) atoms. The fourth-order valence-electron chi connectivity index (χ4n) is 4.87. The molecule has 0 amide bonds. The summed E-state index contributed by atoms with van der Waals surface area (Å²) in [6.07, 6.45) is 4.71. The maximum Gasteiger partial charge on any atom is 0.341 e. The molecule has 5 rings (SSSR count). The number of benzene rings is 1. The number of hydrogen-bond acceptors (Lipinski definition) is 3. The summed E-state index contributed by atoms with van der Waals surface area (Å²) in [4.78, 5) is 24.2. The Morgan fingerprint density at radius 1 is 1.13 bits per heavy atom. The van der Waals surface area contributed by atoms with Crippen LogP contribution in [-0.4, -0.2) is 15.6 Å². The zero-order chi connectivity index (χ0) is 21.2. The summed E-state index contributed by atoms with van der Waals surface area (Å²) in [5.74, 6) is -0.352. The van der Waals surface area contributed by atoms with Crippen LogP contribution in [-0.2, 0) is 6.42 Å². The van der Waals surface area contributed by atoms with Gasteiger partial charge in [0, 0.05) is 36.0 Å².